The minimum atomic E-state index is -0.257. The Balaban J connectivity index is 1.79. The van der Waals surface area contributed by atoms with Crippen LogP contribution in [0.4, 0.5) is 10.1 Å². The summed E-state index contributed by atoms with van der Waals surface area (Å²) in [4.78, 5) is 0. The Morgan fingerprint density at radius 3 is 2.60 bits per heavy atom. The second kappa shape index (κ2) is 5.38. The molecule has 0 saturated carbocycles. The maximum absolute atomic E-state index is 12.9. The minimum Gasteiger partial charge on any atom is -0.454 e. The highest BCUT2D eigenvalue weighted by atomic mass is 19.1. The largest absolute Gasteiger partial charge is 0.454 e. The van der Waals surface area contributed by atoms with E-state index in [1.54, 1.807) is 12.1 Å². The third-order valence-corrected chi connectivity index (χ3v) is 3.22. The lowest BCUT2D eigenvalue weighted by Gasteiger charge is -2.18. The molecule has 0 fully saturated rings. The molecule has 0 aliphatic carbocycles. The van der Waals surface area contributed by atoms with Gasteiger partial charge in [-0.25, -0.2) is 4.39 Å². The zero-order chi connectivity index (χ0) is 13.9. The number of hydrogen-bond donors (Lipinski definition) is 2. The molecule has 0 bridgehead atoms. The number of anilines is 1. The molecule has 0 aromatic heterocycles. The summed E-state index contributed by atoms with van der Waals surface area (Å²) >= 11 is 0. The minimum absolute atomic E-state index is 0.0871. The Morgan fingerprint density at radius 2 is 1.85 bits per heavy atom. The van der Waals surface area contributed by atoms with E-state index in [4.69, 9.17) is 15.2 Å². The maximum atomic E-state index is 12.9. The molecule has 1 aliphatic rings. The Kier molecular flexibility index (Phi) is 3.43. The fourth-order valence-electron chi connectivity index (χ4n) is 2.16. The van der Waals surface area contributed by atoms with E-state index in [1.165, 1.54) is 12.1 Å². The Bertz CT molecular complexity index is 601. The monoisotopic (exact) mass is 274 g/mol. The molecule has 104 valence electrons. The van der Waals surface area contributed by atoms with Gasteiger partial charge >= 0.3 is 0 Å². The summed E-state index contributed by atoms with van der Waals surface area (Å²) in [5.74, 6) is 1.19. The van der Waals surface area contributed by atoms with Gasteiger partial charge in [0.2, 0.25) is 6.79 Å². The molecule has 2 aromatic rings. The summed E-state index contributed by atoms with van der Waals surface area (Å²) in [6.45, 7) is 0.650. The van der Waals surface area contributed by atoms with Gasteiger partial charge in [0.1, 0.15) is 5.82 Å². The first-order valence-corrected chi connectivity index (χ1v) is 6.38. The van der Waals surface area contributed by atoms with E-state index >= 15 is 0 Å². The zero-order valence-electron chi connectivity index (χ0n) is 10.8. The van der Waals surface area contributed by atoms with Crippen LogP contribution in [0.25, 0.3) is 0 Å². The third kappa shape index (κ3) is 2.53. The van der Waals surface area contributed by atoms with Crippen LogP contribution in [0.15, 0.2) is 42.5 Å². The van der Waals surface area contributed by atoms with Crippen LogP contribution in [-0.2, 0) is 0 Å². The fourth-order valence-corrected chi connectivity index (χ4v) is 2.16. The first-order chi connectivity index (χ1) is 9.76. The van der Waals surface area contributed by atoms with Gasteiger partial charge in [0.05, 0.1) is 6.04 Å². The van der Waals surface area contributed by atoms with Gasteiger partial charge in [-0.1, -0.05) is 12.1 Å². The van der Waals surface area contributed by atoms with Crippen LogP contribution in [0.2, 0.25) is 0 Å². The summed E-state index contributed by atoms with van der Waals surface area (Å²) in [5.41, 5.74) is 7.61. The van der Waals surface area contributed by atoms with Gasteiger partial charge in [-0.15, -0.1) is 0 Å². The molecule has 20 heavy (non-hydrogen) atoms. The molecule has 0 amide bonds. The smallest absolute Gasteiger partial charge is 0.231 e. The number of halogens is 1. The molecule has 3 rings (SSSR count). The average molecular weight is 274 g/mol. The van der Waals surface area contributed by atoms with Crippen LogP contribution >= 0.6 is 0 Å². The topological polar surface area (TPSA) is 56.5 Å². The van der Waals surface area contributed by atoms with Crippen LogP contribution in [-0.4, -0.2) is 13.3 Å². The van der Waals surface area contributed by atoms with Crippen LogP contribution in [0, 0.1) is 5.82 Å². The number of hydrogen-bond acceptors (Lipinski definition) is 4. The van der Waals surface area contributed by atoms with E-state index < -0.39 is 0 Å². The van der Waals surface area contributed by atoms with Crippen molar-refractivity contribution in [2.45, 2.75) is 6.04 Å². The van der Waals surface area contributed by atoms with Crippen LogP contribution < -0.4 is 20.5 Å². The Labute approximate surface area is 116 Å². The SMILES string of the molecule is NCC(Nc1ccc2c(c1)OCO2)c1ccc(F)cc1. The van der Waals surface area contributed by atoms with Crippen LogP contribution in [0.3, 0.4) is 0 Å². The third-order valence-electron chi connectivity index (χ3n) is 3.22. The molecular weight excluding hydrogens is 259 g/mol. The molecule has 0 radical (unpaired) electrons. The van der Waals surface area contributed by atoms with Crippen molar-refractivity contribution in [3.05, 3.63) is 53.8 Å². The van der Waals surface area contributed by atoms with Crippen molar-refractivity contribution in [2.75, 3.05) is 18.7 Å². The second-order valence-corrected chi connectivity index (χ2v) is 4.55. The van der Waals surface area contributed by atoms with Gasteiger partial charge in [0.15, 0.2) is 11.5 Å². The number of nitrogens with two attached hydrogens (primary N) is 1. The van der Waals surface area contributed by atoms with Crippen molar-refractivity contribution in [1.29, 1.82) is 0 Å². The molecule has 0 spiro atoms. The van der Waals surface area contributed by atoms with E-state index in [1.807, 2.05) is 18.2 Å². The number of benzene rings is 2. The summed E-state index contributed by atoms with van der Waals surface area (Å²) in [7, 11) is 0. The quantitative estimate of drug-likeness (QED) is 0.900. The molecule has 5 heteroatoms. The van der Waals surface area contributed by atoms with Crippen molar-refractivity contribution >= 4 is 5.69 Å². The normalized spacial score (nSPS) is 14.1. The van der Waals surface area contributed by atoms with Gasteiger partial charge in [0.25, 0.3) is 0 Å². The molecule has 2 aromatic carbocycles. The lowest BCUT2D eigenvalue weighted by Crippen LogP contribution is -2.20. The molecule has 1 heterocycles. The molecule has 1 unspecified atom stereocenters. The lowest BCUT2D eigenvalue weighted by molar-refractivity contribution is 0.174. The molecule has 1 aliphatic heterocycles. The van der Waals surface area contributed by atoms with Crippen molar-refractivity contribution in [3.63, 3.8) is 0 Å². The number of ether oxygens (including phenoxy) is 2. The molecule has 4 nitrogen and oxygen atoms in total. The van der Waals surface area contributed by atoms with Gasteiger partial charge < -0.3 is 20.5 Å². The van der Waals surface area contributed by atoms with Crippen molar-refractivity contribution < 1.29 is 13.9 Å². The number of fused-ring (bicyclic) bond motifs is 1. The standard InChI is InChI=1S/C15H15FN2O2/c16-11-3-1-10(2-4-11)13(8-17)18-12-5-6-14-15(7-12)20-9-19-14/h1-7,13,18H,8-9,17H2. The van der Waals surface area contributed by atoms with Crippen LogP contribution in [0.5, 0.6) is 11.5 Å². The summed E-state index contributed by atoms with van der Waals surface area (Å²) < 4.78 is 23.5. The van der Waals surface area contributed by atoms with Crippen molar-refractivity contribution in [3.8, 4) is 11.5 Å². The average Bonchev–Trinajstić information content (AvgIpc) is 2.93. The van der Waals surface area contributed by atoms with E-state index in [-0.39, 0.29) is 18.7 Å². The lowest BCUT2D eigenvalue weighted by atomic mass is 10.1. The maximum Gasteiger partial charge on any atom is 0.231 e. The van der Waals surface area contributed by atoms with E-state index in [0.29, 0.717) is 12.3 Å². The summed E-state index contributed by atoms with van der Waals surface area (Å²) in [6, 6.07) is 11.9. The molecular formula is C15H15FN2O2. The summed E-state index contributed by atoms with van der Waals surface area (Å²) in [6.07, 6.45) is 0. The fraction of sp³-hybridized carbons (Fsp3) is 0.200. The second-order valence-electron chi connectivity index (χ2n) is 4.55. The number of rotatable bonds is 4. The predicted octanol–water partition coefficient (Wildman–Crippen LogP) is 2.67. The first-order valence-electron chi connectivity index (χ1n) is 6.38. The predicted molar refractivity (Wildman–Crippen MR) is 74.4 cm³/mol. The van der Waals surface area contributed by atoms with Crippen molar-refractivity contribution in [2.24, 2.45) is 5.73 Å². The Morgan fingerprint density at radius 1 is 1.10 bits per heavy atom. The van der Waals surface area contributed by atoms with E-state index in [9.17, 15) is 4.39 Å². The highest BCUT2D eigenvalue weighted by Crippen LogP contribution is 2.35. The molecule has 3 N–H and O–H groups in total. The van der Waals surface area contributed by atoms with Crippen LogP contribution in [0.1, 0.15) is 11.6 Å². The highest BCUT2D eigenvalue weighted by molar-refractivity contribution is 5.56. The zero-order valence-corrected chi connectivity index (χ0v) is 10.8. The van der Waals surface area contributed by atoms with Gasteiger partial charge in [0, 0.05) is 18.3 Å². The van der Waals surface area contributed by atoms with Gasteiger partial charge in [-0.05, 0) is 29.8 Å². The first kappa shape index (κ1) is 12.7. The molecule has 1 atom stereocenters. The van der Waals surface area contributed by atoms with Gasteiger partial charge in [-0.2, -0.15) is 0 Å². The van der Waals surface area contributed by atoms with E-state index in [2.05, 4.69) is 5.32 Å². The van der Waals surface area contributed by atoms with Crippen molar-refractivity contribution in [1.82, 2.24) is 0 Å². The highest BCUT2D eigenvalue weighted by Gasteiger charge is 2.15. The molecule has 0 saturated heterocycles. The summed E-state index contributed by atoms with van der Waals surface area (Å²) in [5, 5.41) is 3.31. The van der Waals surface area contributed by atoms with Gasteiger partial charge in [-0.3, -0.25) is 0 Å². The number of nitrogens with one attached hydrogen (secondary N) is 1. The Hall–Kier alpha value is -2.27. The van der Waals surface area contributed by atoms with E-state index in [0.717, 1.165) is 17.0 Å².